The van der Waals surface area contributed by atoms with Gasteiger partial charge in [0.05, 0.1) is 0 Å². The first kappa shape index (κ1) is 23.0. The van der Waals surface area contributed by atoms with Gasteiger partial charge in [-0.3, -0.25) is 19.3 Å². The molecule has 168 valence electrons. The molecule has 3 rings (SSSR count). The summed E-state index contributed by atoms with van der Waals surface area (Å²) < 4.78 is 0. The third-order valence-corrected chi connectivity index (χ3v) is 5.47. The van der Waals surface area contributed by atoms with Crippen molar-refractivity contribution in [1.29, 1.82) is 0 Å². The van der Waals surface area contributed by atoms with Crippen molar-refractivity contribution in [3.63, 3.8) is 0 Å². The summed E-state index contributed by atoms with van der Waals surface area (Å²) in [5, 5.41) is 5.37. The molecule has 1 fully saturated rings. The number of benzene rings is 2. The molecular weight excluding hydrogens is 408 g/mol. The Balaban J connectivity index is 1.67. The minimum absolute atomic E-state index is 0.149. The number of hydrogen-bond donors (Lipinski definition) is 2. The number of carbonyl (C=O) groups excluding carboxylic acids is 4. The fourth-order valence-corrected chi connectivity index (χ4v) is 3.63. The maximum Gasteiger partial charge on any atom is 0.325 e. The predicted molar refractivity (Wildman–Crippen MR) is 121 cm³/mol. The van der Waals surface area contributed by atoms with Crippen molar-refractivity contribution in [2.75, 3.05) is 26.0 Å². The van der Waals surface area contributed by atoms with E-state index in [9.17, 15) is 19.2 Å². The number of urea groups is 1. The lowest BCUT2D eigenvalue weighted by Gasteiger charge is -2.22. The standard InChI is InChI=1S/C24H28N4O4/c1-5-6-16-7-11-18(12-8-16)24(2)22(31)28(23(32)26-24)15-20(29)25-19-13-9-17(10-14-19)21(30)27(3)4/h7-14H,5-6,15H2,1-4H3,(H,25,29)(H,26,32)/t24-/m0/s1. The Kier molecular flexibility index (Phi) is 6.62. The molecule has 32 heavy (non-hydrogen) atoms. The second-order valence-corrected chi connectivity index (χ2v) is 8.22. The van der Waals surface area contributed by atoms with Crippen molar-refractivity contribution >= 4 is 29.4 Å². The van der Waals surface area contributed by atoms with E-state index in [0.29, 0.717) is 16.8 Å². The SMILES string of the molecule is CCCc1ccc([C@]2(C)NC(=O)N(CC(=O)Nc3ccc(C(=O)N(C)C)cc3)C2=O)cc1. The zero-order chi connectivity index (χ0) is 23.5. The minimum atomic E-state index is -1.23. The van der Waals surface area contributed by atoms with Crippen molar-refractivity contribution in [3.8, 4) is 0 Å². The van der Waals surface area contributed by atoms with Gasteiger partial charge in [0, 0.05) is 25.3 Å². The molecule has 0 spiro atoms. The van der Waals surface area contributed by atoms with Gasteiger partial charge in [-0.05, 0) is 48.7 Å². The fraction of sp³-hybridized carbons (Fsp3) is 0.333. The van der Waals surface area contributed by atoms with Crippen LogP contribution in [0.3, 0.4) is 0 Å². The van der Waals surface area contributed by atoms with E-state index in [4.69, 9.17) is 0 Å². The van der Waals surface area contributed by atoms with Crippen LogP contribution in [0.25, 0.3) is 0 Å². The topological polar surface area (TPSA) is 98.8 Å². The Labute approximate surface area is 187 Å². The Hall–Kier alpha value is -3.68. The fourth-order valence-electron chi connectivity index (χ4n) is 3.63. The van der Waals surface area contributed by atoms with Crippen molar-refractivity contribution < 1.29 is 19.2 Å². The average Bonchev–Trinajstić information content (AvgIpc) is 2.98. The Morgan fingerprint density at radius 1 is 1.03 bits per heavy atom. The monoisotopic (exact) mass is 436 g/mol. The molecular formula is C24H28N4O4. The van der Waals surface area contributed by atoms with Gasteiger partial charge in [0.15, 0.2) is 0 Å². The smallest absolute Gasteiger partial charge is 0.325 e. The van der Waals surface area contributed by atoms with Gasteiger partial charge in [-0.1, -0.05) is 37.6 Å². The lowest BCUT2D eigenvalue weighted by Crippen LogP contribution is -2.42. The Morgan fingerprint density at radius 2 is 1.66 bits per heavy atom. The van der Waals surface area contributed by atoms with Gasteiger partial charge < -0.3 is 15.5 Å². The third kappa shape index (κ3) is 4.64. The molecule has 1 atom stereocenters. The van der Waals surface area contributed by atoms with Gasteiger partial charge in [0.1, 0.15) is 12.1 Å². The summed E-state index contributed by atoms with van der Waals surface area (Å²) in [6.45, 7) is 3.32. The van der Waals surface area contributed by atoms with Gasteiger partial charge in [-0.25, -0.2) is 4.79 Å². The van der Waals surface area contributed by atoms with Crippen LogP contribution in [0.5, 0.6) is 0 Å². The molecule has 5 amide bonds. The van der Waals surface area contributed by atoms with Crippen LogP contribution in [0, 0.1) is 0 Å². The molecule has 1 heterocycles. The summed E-state index contributed by atoms with van der Waals surface area (Å²) in [4.78, 5) is 52.4. The molecule has 8 nitrogen and oxygen atoms in total. The molecule has 2 N–H and O–H groups in total. The second kappa shape index (κ2) is 9.21. The van der Waals surface area contributed by atoms with E-state index in [1.54, 1.807) is 45.3 Å². The van der Waals surface area contributed by atoms with E-state index in [1.807, 2.05) is 24.3 Å². The Morgan fingerprint density at radius 3 is 2.22 bits per heavy atom. The number of amides is 5. The summed E-state index contributed by atoms with van der Waals surface area (Å²) in [5.41, 5.74) is 1.55. The maximum absolute atomic E-state index is 13.0. The van der Waals surface area contributed by atoms with E-state index in [0.717, 1.165) is 23.3 Å². The highest BCUT2D eigenvalue weighted by Crippen LogP contribution is 2.29. The number of nitrogens with zero attached hydrogens (tertiary/aromatic N) is 2. The quantitative estimate of drug-likeness (QED) is 0.652. The predicted octanol–water partition coefficient (Wildman–Crippen LogP) is 2.75. The highest BCUT2D eigenvalue weighted by atomic mass is 16.2. The van der Waals surface area contributed by atoms with Crippen LogP contribution in [0.15, 0.2) is 48.5 Å². The molecule has 2 aromatic rings. The van der Waals surface area contributed by atoms with Crippen molar-refractivity contribution in [1.82, 2.24) is 15.1 Å². The zero-order valence-electron chi connectivity index (χ0n) is 18.8. The van der Waals surface area contributed by atoms with Crippen LogP contribution in [0.4, 0.5) is 10.5 Å². The Bertz CT molecular complexity index is 1030. The first-order valence-corrected chi connectivity index (χ1v) is 10.5. The molecule has 1 aliphatic heterocycles. The third-order valence-electron chi connectivity index (χ3n) is 5.47. The lowest BCUT2D eigenvalue weighted by molar-refractivity contribution is -0.133. The molecule has 8 heteroatoms. The summed E-state index contributed by atoms with van der Waals surface area (Å²) in [7, 11) is 3.31. The van der Waals surface area contributed by atoms with Gasteiger partial charge >= 0.3 is 6.03 Å². The second-order valence-electron chi connectivity index (χ2n) is 8.22. The summed E-state index contributed by atoms with van der Waals surface area (Å²) in [6.07, 6.45) is 1.96. The molecule has 1 aliphatic rings. The van der Waals surface area contributed by atoms with Crippen LogP contribution >= 0.6 is 0 Å². The summed E-state index contributed by atoms with van der Waals surface area (Å²) in [6, 6.07) is 13.4. The molecule has 0 aromatic heterocycles. The van der Waals surface area contributed by atoms with Gasteiger partial charge in [0.2, 0.25) is 5.91 Å². The van der Waals surface area contributed by atoms with E-state index >= 15 is 0 Å². The van der Waals surface area contributed by atoms with Crippen LogP contribution in [-0.4, -0.2) is 54.2 Å². The van der Waals surface area contributed by atoms with E-state index in [1.165, 1.54) is 4.90 Å². The molecule has 0 radical (unpaired) electrons. The van der Waals surface area contributed by atoms with Crippen molar-refractivity contribution in [2.45, 2.75) is 32.2 Å². The first-order chi connectivity index (χ1) is 15.2. The van der Waals surface area contributed by atoms with Crippen molar-refractivity contribution in [3.05, 3.63) is 65.2 Å². The molecule has 0 bridgehead atoms. The van der Waals surface area contributed by atoms with Gasteiger partial charge in [-0.15, -0.1) is 0 Å². The number of anilines is 1. The molecule has 0 aliphatic carbocycles. The largest absolute Gasteiger partial charge is 0.345 e. The summed E-state index contributed by atoms with van der Waals surface area (Å²) >= 11 is 0. The number of aryl methyl sites for hydroxylation is 1. The van der Waals surface area contributed by atoms with Crippen LogP contribution in [0.1, 0.15) is 41.8 Å². The van der Waals surface area contributed by atoms with Gasteiger partial charge in [-0.2, -0.15) is 0 Å². The number of hydrogen-bond acceptors (Lipinski definition) is 4. The molecule has 0 saturated carbocycles. The molecule has 0 unspecified atom stereocenters. The van der Waals surface area contributed by atoms with E-state index in [2.05, 4.69) is 17.6 Å². The average molecular weight is 437 g/mol. The minimum Gasteiger partial charge on any atom is -0.345 e. The highest BCUT2D eigenvalue weighted by molar-refractivity contribution is 6.10. The molecule has 2 aromatic carbocycles. The number of rotatable bonds is 7. The normalized spacial score (nSPS) is 17.8. The number of nitrogens with one attached hydrogen (secondary N) is 2. The highest BCUT2D eigenvalue weighted by Gasteiger charge is 2.49. The number of carbonyl (C=O) groups is 4. The lowest BCUT2D eigenvalue weighted by atomic mass is 9.91. The van der Waals surface area contributed by atoms with Crippen LogP contribution in [-0.2, 0) is 21.5 Å². The van der Waals surface area contributed by atoms with E-state index in [-0.39, 0.29) is 5.91 Å². The zero-order valence-corrected chi connectivity index (χ0v) is 18.8. The van der Waals surface area contributed by atoms with Crippen LogP contribution < -0.4 is 10.6 Å². The van der Waals surface area contributed by atoms with Gasteiger partial charge in [0.25, 0.3) is 11.8 Å². The van der Waals surface area contributed by atoms with Crippen molar-refractivity contribution in [2.24, 2.45) is 0 Å². The van der Waals surface area contributed by atoms with Crippen LogP contribution in [0.2, 0.25) is 0 Å². The maximum atomic E-state index is 13.0. The summed E-state index contributed by atoms with van der Waals surface area (Å²) in [5.74, 6) is -1.14. The first-order valence-electron chi connectivity index (χ1n) is 10.5. The van der Waals surface area contributed by atoms with E-state index < -0.39 is 29.9 Å². The molecule has 1 saturated heterocycles. The number of imide groups is 1.